The third kappa shape index (κ3) is 2.44. The Hall–Kier alpha value is -4.05. The van der Waals surface area contributed by atoms with E-state index in [1.54, 1.807) is 6.20 Å². The van der Waals surface area contributed by atoms with Gasteiger partial charge in [-0.15, -0.1) is 0 Å². The number of hydrogen-bond acceptors (Lipinski definition) is 3. The van der Waals surface area contributed by atoms with Crippen LogP contribution in [0.4, 0.5) is 0 Å². The first-order valence-corrected chi connectivity index (χ1v) is 9.97. The molecule has 4 aromatic heterocycles. The fourth-order valence-corrected chi connectivity index (χ4v) is 4.23. The minimum absolute atomic E-state index is 0.839. The summed E-state index contributed by atoms with van der Waals surface area (Å²) in [5.74, 6) is 0. The largest absolute Gasteiger partial charge is 0.290 e. The van der Waals surface area contributed by atoms with E-state index in [0.717, 1.165) is 39.3 Å². The average Bonchev–Trinajstić information content (AvgIpc) is 3.21. The molecule has 30 heavy (non-hydrogen) atoms. The van der Waals surface area contributed by atoms with Gasteiger partial charge < -0.3 is 0 Å². The fraction of sp³-hybridized carbons (Fsp3) is 0.0385. The Bertz CT molecular complexity index is 1530. The summed E-state index contributed by atoms with van der Waals surface area (Å²) in [6.07, 6.45) is 3.63. The maximum absolute atomic E-state index is 5.13. The van der Waals surface area contributed by atoms with Gasteiger partial charge in [0, 0.05) is 23.2 Å². The molecule has 4 heterocycles. The molecular formula is C26H18N4. The van der Waals surface area contributed by atoms with E-state index in [2.05, 4.69) is 63.8 Å². The van der Waals surface area contributed by atoms with Gasteiger partial charge in [-0.05, 0) is 42.6 Å². The number of fused-ring (bicyclic) bond motifs is 6. The van der Waals surface area contributed by atoms with Crippen molar-refractivity contribution in [2.24, 2.45) is 0 Å². The molecule has 0 aliphatic heterocycles. The number of nitrogens with zero attached hydrogens (tertiary/aromatic N) is 4. The van der Waals surface area contributed by atoms with E-state index >= 15 is 0 Å². The van der Waals surface area contributed by atoms with Crippen LogP contribution in [-0.2, 0) is 0 Å². The van der Waals surface area contributed by atoms with Gasteiger partial charge in [0.2, 0.25) is 0 Å². The second-order valence-corrected chi connectivity index (χ2v) is 7.46. The number of imidazole rings is 1. The lowest BCUT2D eigenvalue weighted by molar-refractivity contribution is 1.22. The van der Waals surface area contributed by atoms with Gasteiger partial charge >= 0.3 is 0 Å². The molecule has 0 saturated heterocycles. The van der Waals surface area contributed by atoms with E-state index < -0.39 is 0 Å². The predicted molar refractivity (Wildman–Crippen MR) is 121 cm³/mol. The Morgan fingerprint density at radius 1 is 0.667 bits per heavy atom. The molecule has 0 N–H and O–H groups in total. The average molecular weight is 386 g/mol. The number of pyridine rings is 3. The van der Waals surface area contributed by atoms with Crippen molar-refractivity contribution in [3.8, 4) is 22.8 Å². The summed E-state index contributed by atoms with van der Waals surface area (Å²) in [5, 5.41) is 3.53. The Morgan fingerprint density at radius 3 is 2.17 bits per heavy atom. The summed E-state index contributed by atoms with van der Waals surface area (Å²) in [4.78, 5) is 14.4. The Balaban J connectivity index is 1.89. The number of para-hydroxylation sites is 1. The summed E-state index contributed by atoms with van der Waals surface area (Å²) >= 11 is 0. The summed E-state index contributed by atoms with van der Waals surface area (Å²) in [6.45, 7) is 2.13. The van der Waals surface area contributed by atoms with Crippen molar-refractivity contribution in [2.75, 3.05) is 0 Å². The monoisotopic (exact) mass is 386 g/mol. The molecule has 0 bridgehead atoms. The molecule has 0 fully saturated rings. The first-order chi connectivity index (χ1) is 14.8. The SMILES string of the molecule is Cc1ccc2c(c1)c1ccccc1n1c(-c3ccccn3)c(-c3ccccn3)nc21. The van der Waals surface area contributed by atoms with Gasteiger partial charge in [-0.25, -0.2) is 4.98 Å². The molecule has 0 aliphatic carbocycles. The van der Waals surface area contributed by atoms with Crippen molar-refractivity contribution in [1.29, 1.82) is 0 Å². The molecule has 2 aromatic carbocycles. The molecule has 6 aromatic rings. The summed E-state index contributed by atoms with van der Waals surface area (Å²) in [5.41, 5.74) is 6.79. The van der Waals surface area contributed by atoms with E-state index in [1.807, 2.05) is 42.6 Å². The van der Waals surface area contributed by atoms with Gasteiger partial charge in [-0.2, -0.15) is 0 Å². The van der Waals surface area contributed by atoms with Gasteiger partial charge in [-0.3, -0.25) is 14.4 Å². The van der Waals surface area contributed by atoms with Gasteiger partial charge in [0.1, 0.15) is 17.0 Å². The van der Waals surface area contributed by atoms with Crippen LogP contribution in [0.2, 0.25) is 0 Å². The van der Waals surface area contributed by atoms with Crippen molar-refractivity contribution < 1.29 is 0 Å². The molecule has 0 spiro atoms. The van der Waals surface area contributed by atoms with Gasteiger partial charge in [0.25, 0.3) is 0 Å². The molecule has 0 unspecified atom stereocenters. The van der Waals surface area contributed by atoms with E-state index in [4.69, 9.17) is 4.98 Å². The molecule has 0 saturated carbocycles. The predicted octanol–water partition coefficient (Wildman–Crippen LogP) is 6.07. The van der Waals surface area contributed by atoms with E-state index in [0.29, 0.717) is 0 Å². The number of aryl methyl sites for hydroxylation is 1. The minimum Gasteiger partial charge on any atom is -0.290 e. The van der Waals surface area contributed by atoms with Crippen molar-refractivity contribution in [3.05, 3.63) is 96.8 Å². The topological polar surface area (TPSA) is 43.1 Å². The lowest BCUT2D eigenvalue weighted by Crippen LogP contribution is -1.96. The van der Waals surface area contributed by atoms with Crippen molar-refractivity contribution in [1.82, 2.24) is 19.4 Å². The van der Waals surface area contributed by atoms with Crippen LogP contribution in [0.1, 0.15) is 5.56 Å². The third-order valence-corrected chi connectivity index (χ3v) is 5.54. The maximum Gasteiger partial charge on any atom is 0.146 e. The van der Waals surface area contributed by atoms with Crippen LogP contribution in [0.5, 0.6) is 0 Å². The fourth-order valence-electron chi connectivity index (χ4n) is 4.23. The normalized spacial score (nSPS) is 11.5. The number of hydrogen-bond donors (Lipinski definition) is 0. The second-order valence-electron chi connectivity index (χ2n) is 7.46. The summed E-state index contributed by atoms with van der Waals surface area (Å²) in [7, 11) is 0. The van der Waals surface area contributed by atoms with E-state index in [-0.39, 0.29) is 0 Å². The third-order valence-electron chi connectivity index (χ3n) is 5.54. The van der Waals surface area contributed by atoms with Gasteiger partial charge in [0.05, 0.1) is 16.9 Å². The van der Waals surface area contributed by atoms with Crippen molar-refractivity contribution in [2.45, 2.75) is 6.92 Å². The van der Waals surface area contributed by atoms with Crippen molar-refractivity contribution >= 4 is 27.3 Å². The molecule has 4 heteroatoms. The maximum atomic E-state index is 5.13. The van der Waals surface area contributed by atoms with Crippen LogP contribution in [0.3, 0.4) is 0 Å². The smallest absolute Gasteiger partial charge is 0.146 e. The van der Waals surface area contributed by atoms with Crippen LogP contribution in [0.15, 0.2) is 91.3 Å². The van der Waals surface area contributed by atoms with Crippen LogP contribution >= 0.6 is 0 Å². The molecule has 6 rings (SSSR count). The van der Waals surface area contributed by atoms with Crippen LogP contribution in [0, 0.1) is 6.92 Å². The summed E-state index contributed by atoms with van der Waals surface area (Å²) in [6, 6.07) is 27.0. The molecule has 0 aliphatic rings. The first kappa shape index (κ1) is 16.9. The molecule has 0 atom stereocenters. The minimum atomic E-state index is 0.839. The Kier molecular flexibility index (Phi) is 3.65. The van der Waals surface area contributed by atoms with Crippen LogP contribution < -0.4 is 0 Å². The van der Waals surface area contributed by atoms with E-state index in [9.17, 15) is 0 Å². The van der Waals surface area contributed by atoms with Crippen LogP contribution in [0.25, 0.3) is 50.1 Å². The standard InChI is InChI=1S/C26H18N4/c1-17-12-13-19-20(16-17)18-8-2-3-11-23(18)30-25(22-10-5-7-15-28-22)24(29-26(19)30)21-9-4-6-14-27-21/h2-16H,1H3. The van der Waals surface area contributed by atoms with Gasteiger partial charge in [-0.1, -0.05) is 54.1 Å². The lowest BCUT2D eigenvalue weighted by Gasteiger charge is -2.11. The molecule has 0 amide bonds. The molecular weight excluding hydrogens is 368 g/mol. The molecule has 4 nitrogen and oxygen atoms in total. The second kappa shape index (κ2) is 6.49. The summed E-state index contributed by atoms with van der Waals surface area (Å²) < 4.78 is 2.24. The zero-order valence-corrected chi connectivity index (χ0v) is 16.4. The van der Waals surface area contributed by atoms with E-state index in [1.165, 1.54) is 16.3 Å². The van der Waals surface area contributed by atoms with Crippen molar-refractivity contribution in [3.63, 3.8) is 0 Å². The highest BCUT2D eigenvalue weighted by Gasteiger charge is 2.21. The molecule has 142 valence electrons. The first-order valence-electron chi connectivity index (χ1n) is 9.97. The quantitative estimate of drug-likeness (QED) is 0.339. The lowest BCUT2D eigenvalue weighted by atomic mass is 10.0. The highest BCUT2D eigenvalue weighted by molar-refractivity contribution is 6.13. The number of aromatic nitrogens is 4. The number of rotatable bonds is 2. The Morgan fingerprint density at radius 2 is 1.40 bits per heavy atom. The number of benzene rings is 2. The Labute approximate surface area is 173 Å². The van der Waals surface area contributed by atoms with Gasteiger partial charge in [0.15, 0.2) is 0 Å². The zero-order chi connectivity index (χ0) is 20.1. The molecule has 0 radical (unpaired) electrons. The highest BCUT2D eigenvalue weighted by atomic mass is 15.1. The van der Waals surface area contributed by atoms with Crippen LogP contribution in [-0.4, -0.2) is 19.4 Å². The zero-order valence-electron chi connectivity index (χ0n) is 16.4. The highest BCUT2D eigenvalue weighted by Crippen LogP contribution is 2.37.